The first-order valence-electron chi connectivity index (χ1n) is 6.17. The van der Waals surface area contributed by atoms with Crippen LogP contribution in [0.15, 0.2) is 0 Å². The van der Waals surface area contributed by atoms with E-state index < -0.39 is 0 Å². The molecule has 96 valence electrons. The highest BCUT2D eigenvalue weighted by Gasteiger charge is 2.25. The summed E-state index contributed by atoms with van der Waals surface area (Å²) in [5.74, 6) is 0. The highest BCUT2D eigenvalue weighted by molar-refractivity contribution is 4.81. The van der Waals surface area contributed by atoms with Gasteiger partial charge >= 0.3 is 0 Å². The third-order valence-electron chi connectivity index (χ3n) is 3.01. The molecule has 1 heterocycles. The second-order valence-electron chi connectivity index (χ2n) is 4.76. The fourth-order valence-corrected chi connectivity index (χ4v) is 2.45. The maximum absolute atomic E-state index is 8.98. The predicted octanol–water partition coefficient (Wildman–Crippen LogP) is 0.929. The topological polar surface area (TPSA) is 50.7 Å². The van der Waals surface area contributed by atoms with Crippen LogP contribution in [0.3, 0.4) is 0 Å². The van der Waals surface area contributed by atoms with Crippen molar-refractivity contribution in [1.82, 2.24) is 5.32 Å². The lowest BCUT2D eigenvalue weighted by atomic mass is 9.98. The molecule has 16 heavy (non-hydrogen) atoms. The molecular formula is C12H25NO3. The van der Waals surface area contributed by atoms with Gasteiger partial charge in [0.25, 0.3) is 0 Å². The fraction of sp³-hybridized carbons (Fsp3) is 1.00. The minimum absolute atomic E-state index is 0.204. The van der Waals surface area contributed by atoms with Gasteiger partial charge < -0.3 is 19.9 Å². The number of ether oxygens (including phenoxy) is 2. The van der Waals surface area contributed by atoms with Gasteiger partial charge in [-0.05, 0) is 33.1 Å². The molecule has 1 aliphatic rings. The summed E-state index contributed by atoms with van der Waals surface area (Å²) in [4.78, 5) is 0. The molecule has 1 aliphatic heterocycles. The molecule has 0 amide bonds. The van der Waals surface area contributed by atoms with E-state index in [-0.39, 0.29) is 12.6 Å². The zero-order chi connectivity index (χ0) is 12.0. The number of methoxy groups -OCH3 is 1. The number of rotatable bonds is 6. The van der Waals surface area contributed by atoms with Crippen molar-refractivity contribution in [2.24, 2.45) is 0 Å². The average molecular weight is 231 g/mol. The third-order valence-corrected chi connectivity index (χ3v) is 3.01. The van der Waals surface area contributed by atoms with Crippen molar-refractivity contribution < 1.29 is 14.6 Å². The molecular weight excluding hydrogens is 206 g/mol. The lowest BCUT2D eigenvalue weighted by Crippen LogP contribution is -2.47. The van der Waals surface area contributed by atoms with E-state index in [2.05, 4.69) is 19.2 Å². The van der Waals surface area contributed by atoms with Crippen molar-refractivity contribution in [2.75, 3.05) is 20.3 Å². The molecule has 3 atom stereocenters. The van der Waals surface area contributed by atoms with Crippen LogP contribution < -0.4 is 5.32 Å². The largest absolute Gasteiger partial charge is 0.396 e. The zero-order valence-corrected chi connectivity index (χ0v) is 10.6. The number of aliphatic hydroxyl groups excluding tert-OH is 1. The summed E-state index contributed by atoms with van der Waals surface area (Å²) < 4.78 is 10.8. The molecule has 4 heteroatoms. The van der Waals surface area contributed by atoms with Crippen LogP contribution in [-0.2, 0) is 9.47 Å². The molecule has 0 aromatic carbocycles. The van der Waals surface area contributed by atoms with E-state index in [0.717, 1.165) is 19.3 Å². The summed E-state index contributed by atoms with van der Waals surface area (Å²) in [6.07, 6.45) is 3.46. The van der Waals surface area contributed by atoms with E-state index in [9.17, 15) is 0 Å². The lowest BCUT2D eigenvalue weighted by Gasteiger charge is -2.34. The highest BCUT2D eigenvalue weighted by Crippen LogP contribution is 2.19. The highest BCUT2D eigenvalue weighted by atomic mass is 16.5. The van der Waals surface area contributed by atoms with Crippen LogP contribution in [0, 0.1) is 0 Å². The maximum Gasteiger partial charge on any atom is 0.0616 e. The zero-order valence-electron chi connectivity index (χ0n) is 10.6. The van der Waals surface area contributed by atoms with Gasteiger partial charge in [0, 0.05) is 25.8 Å². The number of nitrogens with one attached hydrogen (secondary N) is 1. The van der Waals surface area contributed by atoms with Crippen LogP contribution in [0.5, 0.6) is 0 Å². The Balaban J connectivity index is 2.37. The quantitative estimate of drug-likeness (QED) is 0.714. The van der Waals surface area contributed by atoms with Gasteiger partial charge in [-0.15, -0.1) is 0 Å². The van der Waals surface area contributed by atoms with Crippen LogP contribution in [0.1, 0.15) is 33.1 Å². The van der Waals surface area contributed by atoms with E-state index in [4.69, 9.17) is 14.6 Å². The van der Waals surface area contributed by atoms with Gasteiger partial charge in [-0.3, -0.25) is 0 Å². The summed E-state index contributed by atoms with van der Waals surface area (Å²) in [6, 6.07) is 0.725. The van der Waals surface area contributed by atoms with Crippen molar-refractivity contribution in [3.8, 4) is 0 Å². The molecule has 4 nitrogen and oxygen atoms in total. The first-order valence-corrected chi connectivity index (χ1v) is 6.17. The van der Waals surface area contributed by atoms with Gasteiger partial charge in [-0.2, -0.15) is 0 Å². The van der Waals surface area contributed by atoms with Gasteiger partial charge in [0.1, 0.15) is 0 Å². The van der Waals surface area contributed by atoms with E-state index in [1.54, 1.807) is 7.11 Å². The van der Waals surface area contributed by atoms with Crippen molar-refractivity contribution in [3.63, 3.8) is 0 Å². The maximum atomic E-state index is 8.98. The van der Waals surface area contributed by atoms with Crippen LogP contribution in [0.4, 0.5) is 0 Å². The van der Waals surface area contributed by atoms with Gasteiger partial charge in [-0.25, -0.2) is 0 Å². The Kier molecular flexibility index (Phi) is 6.28. The minimum Gasteiger partial charge on any atom is -0.396 e. The monoisotopic (exact) mass is 231 g/mol. The van der Waals surface area contributed by atoms with E-state index >= 15 is 0 Å². The molecule has 0 spiro atoms. The van der Waals surface area contributed by atoms with E-state index in [1.807, 2.05) is 0 Å². The predicted molar refractivity (Wildman–Crippen MR) is 63.5 cm³/mol. The van der Waals surface area contributed by atoms with Crippen LogP contribution in [0.25, 0.3) is 0 Å². The molecule has 1 fully saturated rings. The Morgan fingerprint density at radius 3 is 2.50 bits per heavy atom. The van der Waals surface area contributed by atoms with E-state index in [0.29, 0.717) is 24.9 Å². The molecule has 3 unspecified atom stereocenters. The molecule has 1 saturated heterocycles. The molecule has 0 aromatic rings. The summed E-state index contributed by atoms with van der Waals surface area (Å²) >= 11 is 0. The Morgan fingerprint density at radius 1 is 1.38 bits per heavy atom. The fourth-order valence-electron chi connectivity index (χ4n) is 2.45. The second kappa shape index (κ2) is 7.22. The molecule has 0 radical (unpaired) electrons. The van der Waals surface area contributed by atoms with Gasteiger partial charge in [0.15, 0.2) is 0 Å². The smallest absolute Gasteiger partial charge is 0.0616 e. The van der Waals surface area contributed by atoms with Crippen molar-refractivity contribution >= 4 is 0 Å². The Labute approximate surface area is 98.3 Å². The molecule has 0 saturated carbocycles. The standard InChI is InChI=1S/C12H25NO3/c1-9-6-12(7-10(2)16-9)13-11(4-5-14)8-15-3/h9-14H,4-8H2,1-3H3. The Bertz CT molecular complexity index is 173. The molecule has 0 aliphatic carbocycles. The van der Waals surface area contributed by atoms with Gasteiger partial charge in [0.2, 0.25) is 0 Å². The van der Waals surface area contributed by atoms with Crippen LogP contribution >= 0.6 is 0 Å². The molecule has 2 N–H and O–H groups in total. The van der Waals surface area contributed by atoms with Crippen LogP contribution in [-0.4, -0.2) is 49.7 Å². The SMILES string of the molecule is COCC(CCO)NC1CC(C)OC(C)C1. The van der Waals surface area contributed by atoms with Crippen molar-refractivity contribution in [3.05, 3.63) is 0 Å². The van der Waals surface area contributed by atoms with Crippen molar-refractivity contribution in [2.45, 2.75) is 57.4 Å². The first-order chi connectivity index (χ1) is 7.65. The summed E-state index contributed by atoms with van der Waals surface area (Å²) in [5.41, 5.74) is 0. The van der Waals surface area contributed by atoms with Crippen molar-refractivity contribution in [1.29, 1.82) is 0 Å². The summed E-state index contributed by atoms with van der Waals surface area (Å²) in [6.45, 7) is 5.08. The van der Waals surface area contributed by atoms with E-state index in [1.165, 1.54) is 0 Å². The Hall–Kier alpha value is -0.160. The molecule has 1 rings (SSSR count). The number of hydrogen-bond donors (Lipinski definition) is 2. The average Bonchev–Trinajstić information content (AvgIpc) is 2.16. The van der Waals surface area contributed by atoms with Gasteiger partial charge in [0.05, 0.1) is 18.8 Å². The normalized spacial score (nSPS) is 32.6. The number of hydrogen-bond acceptors (Lipinski definition) is 4. The summed E-state index contributed by atoms with van der Waals surface area (Å²) in [7, 11) is 1.70. The molecule has 0 bridgehead atoms. The van der Waals surface area contributed by atoms with Gasteiger partial charge in [-0.1, -0.05) is 0 Å². The number of aliphatic hydroxyl groups is 1. The minimum atomic E-state index is 0.204. The summed E-state index contributed by atoms with van der Waals surface area (Å²) in [5, 5.41) is 12.5. The molecule has 0 aromatic heterocycles. The first kappa shape index (κ1) is 13.9. The Morgan fingerprint density at radius 2 is 2.00 bits per heavy atom. The lowest BCUT2D eigenvalue weighted by molar-refractivity contribution is -0.0452. The second-order valence-corrected chi connectivity index (χ2v) is 4.76. The van der Waals surface area contributed by atoms with Crippen LogP contribution in [0.2, 0.25) is 0 Å². The third kappa shape index (κ3) is 4.78.